The summed E-state index contributed by atoms with van der Waals surface area (Å²) in [7, 11) is 0. The highest BCUT2D eigenvalue weighted by atomic mass is 16.5. The average Bonchev–Trinajstić information content (AvgIpc) is 2.00. The number of carbonyl (C=O) groups excluding carboxylic acids is 2. The smallest absolute Gasteiger partial charge is 0.407 e. The van der Waals surface area contributed by atoms with Gasteiger partial charge in [0.15, 0.2) is 0 Å². The Labute approximate surface area is 72.3 Å². The quantitative estimate of drug-likeness (QED) is 0.630. The fourth-order valence-corrected chi connectivity index (χ4v) is 0.563. The molecule has 1 amide bonds. The summed E-state index contributed by atoms with van der Waals surface area (Å²) in [5.74, 6) is 0.517. The maximum absolute atomic E-state index is 10.7. The first-order valence-electron chi connectivity index (χ1n) is 4.01. The van der Waals surface area contributed by atoms with E-state index in [9.17, 15) is 9.59 Å². The molecule has 0 aromatic heterocycles. The van der Waals surface area contributed by atoms with Crippen LogP contribution in [0, 0.1) is 5.92 Å². The van der Waals surface area contributed by atoms with Gasteiger partial charge in [-0.1, -0.05) is 13.8 Å². The van der Waals surface area contributed by atoms with Crippen LogP contribution >= 0.6 is 0 Å². The fourth-order valence-electron chi connectivity index (χ4n) is 0.563. The highest BCUT2D eigenvalue weighted by Gasteiger charge is 2.00. The van der Waals surface area contributed by atoms with E-state index in [4.69, 9.17) is 4.74 Å². The van der Waals surface area contributed by atoms with E-state index < -0.39 is 6.09 Å². The SMILES string of the molecule is CC(C)CCOC(=O)NCC=O. The molecule has 0 rings (SSSR count). The Bertz CT molecular complexity index is 145. The van der Waals surface area contributed by atoms with E-state index in [2.05, 4.69) is 5.32 Å². The molecule has 70 valence electrons. The van der Waals surface area contributed by atoms with Crippen LogP contribution < -0.4 is 5.32 Å². The van der Waals surface area contributed by atoms with Gasteiger partial charge in [0.05, 0.1) is 13.2 Å². The van der Waals surface area contributed by atoms with Crippen LogP contribution in [0.15, 0.2) is 0 Å². The predicted molar refractivity (Wildman–Crippen MR) is 44.9 cm³/mol. The second-order valence-electron chi connectivity index (χ2n) is 2.87. The molecule has 12 heavy (non-hydrogen) atoms. The molecule has 4 heteroatoms. The number of rotatable bonds is 5. The summed E-state index contributed by atoms with van der Waals surface area (Å²) in [6.07, 6.45) is 0.931. The third-order valence-corrected chi connectivity index (χ3v) is 1.26. The largest absolute Gasteiger partial charge is 0.450 e. The summed E-state index contributed by atoms with van der Waals surface area (Å²) in [6.45, 7) is 4.52. The van der Waals surface area contributed by atoms with Crippen LogP contribution in [0.4, 0.5) is 4.79 Å². The van der Waals surface area contributed by atoms with Crippen molar-refractivity contribution in [3.63, 3.8) is 0 Å². The molecule has 0 aliphatic rings. The van der Waals surface area contributed by atoms with Crippen LogP contribution in [0.1, 0.15) is 20.3 Å². The molecule has 0 saturated carbocycles. The van der Waals surface area contributed by atoms with Gasteiger partial charge in [-0.15, -0.1) is 0 Å². The topological polar surface area (TPSA) is 55.4 Å². The standard InChI is InChI=1S/C8H15NO3/c1-7(2)3-6-12-8(11)9-4-5-10/h5,7H,3-4,6H2,1-2H3,(H,9,11). The Morgan fingerprint density at radius 1 is 1.58 bits per heavy atom. The average molecular weight is 173 g/mol. The molecular formula is C8H15NO3. The molecule has 0 aromatic carbocycles. The summed E-state index contributed by atoms with van der Waals surface area (Å²) in [6, 6.07) is 0. The Hall–Kier alpha value is -1.06. The molecule has 4 nitrogen and oxygen atoms in total. The van der Waals surface area contributed by atoms with Gasteiger partial charge in [-0.3, -0.25) is 0 Å². The molecule has 0 radical (unpaired) electrons. The van der Waals surface area contributed by atoms with E-state index in [1.807, 2.05) is 13.8 Å². The van der Waals surface area contributed by atoms with Crippen molar-refractivity contribution >= 4 is 12.4 Å². The predicted octanol–water partition coefficient (Wildman–Crippen LogP) is 0.958. The monoisotopic (exact) mass is 173 g/mol. The molecule has 1 N–H and O–H groups in total. The number of carbonyl (C=O) groups is 2. The van der Waals surface area contributed by atoms with Gasteiger partial charge >= 0.3 is 6.09 Å². The summed E-state index contributed by atoms with van der Waals surface area (Å²) in [4.78, 5) is 20.5. The molecule has 0 unspecified atom stereocenters. The third-order valence-electron chi connectivity index (χ3n) is 1.26. The molecule has 0 spiro atoms. The molecule has 0 bridgehead atoms. The van der Waals surface area contributed by atoms with E-state index in [-0.39, 0.29) is 6.54 Å². The molecule has 0 heterocycles. The molecule has 0 aromatic rings. The number of hydrogen-bond donors (Lipinski definition) is 1. The van der Waals surface area contributed by atoms with Crippen molar-refractivity contribution < 1.29 is 14.3 Å². The van der Waals surface area contributed by atoms with Gasteiger partial charge in [-0.25, -0.2) is 4.79 Å². The van der Waals surface area contributed by atoms with E-state index in [1.165, 1.54) is 0 Å². The minimum Gasteiger partial charge on any atom is -0.450 e. The number of nitrogens with one attached hydrogen (secondary N) is 1. The zero-order valence-electron chi connectivity index (χ0n) is 7.50. The van der Waals surface area contributed by atoms with E-state index >= 15 is 0 Å². The number of amides is 1. The van der Waals surface area contributed by atoms with Crippen molar-refractivity contribution in [2.45, 2.75) is 20.3 Å². The van der Waals surface area contributed by atoms with E-state index in [1.54, 1.807) is 0 Å². The molecule has 0 saturated heterocycles. The summed E-state index contributed by atoms with van der Waals surface area (Å²) in [5.41, 5.74) is 0. The van der Waals surface area contributed by atoms with Crippen LogP contribution in [0.25, 0.3) is 0 Å². The highest BCUT2D eigenvalue weighted by molar-refractivity contribution is 5.70. The van der Waals surface area contributed by atoms with Crippen LogP contribution in [0.3, 0.4) is 0 Å². The molecule has 0 aliphatic carbocycles. The first kappa shape index (κ1) is 10.9. The summed E-state index contributed by atoms with van der Waals surface area (Å²) < 4.78 is 4.75. The van der Waals surface area contributed by atoms with Crippen molar-refractivity contribution in [3.8, 4) is 0 Å². The van der Waals surface area contributed by atoms with E-state index in [0.29, 0.717) is 18.8 Å². The summed E-state index contributed by atoms with van der Waals surface area (Å²) in [5, 5.41) is 2.28. The number of alkyl carbamates (subject to hydrolysis) is 1. The van der Waals surface area contributed by atoms with Crippen molar-refractivity contribution in [3.05, 3.63) is 0 Å². The second kappa shape index (κ2) is 6.64. The Morgan fingerprint density at radius 3 is 2.75 bits per heavy atom. The maximum Gasteiger partial charge on any atom is 0.407 e. The lowest BCUT2D eigenvalue weighted by atomic mass is 10.1. The fraction of sp³-hybridized carbons (Fsp3) is 0.750. The maximum atomic E-state index is 10.7. The van der Waals surface area contributed by atoms with Crippen LogP contribution in [0.5, 0.6) is 0 Å². The molecule has 0 fully saturated rings. The minimum absolute atomic E-state index is 0.0144. The Kier molecular flexibility index (Phi) is 6.05. The zero-order valence-corrected chi connectivity index (χ0v) is 7.50. The lowest BCUT2D eigenvalue weighted by molar-refractivity contribution is -0.107. The Morgan fingerprint density at radius 2 is 2.25 bits per heavy atom. The van der Waals surface area contributed by atoms with Gasteiger partial charge in [0.2, 0.25) is 0 Å². The van der Waals surface area contributed by atoms with Crippen molar-refractivity contribution in [2.75, 3.05) is 13.2 Å². The second-order valence-corrected chi connectivity index (χ2v) is 2.87. The lowest BCUT2D eigenvalue weighted by Crippen LogP contribution is -2.26. The normalized spacial score (nSPS) is 9.58. The van der Waals surface area contributed by atoms with Gasteiger partial charge < -0.3 is 14.8 Å². The third kappa shape index (κ3) is 7.05. The minimum atomic E-state index is -0.525. The van der Waals surface area contributed by atoms with Gasteiger partial charge in [-0.05, 0) is 12.3 Å². The molecular weight excluding hydrogens is 158 g/mol. The van der Waals surface area contributed by atoms with Crippen molar-refractivity contribution in [2.24, 2.45) is 5.92 Å². The number of hydrogen-bond acceptors (Lipinski definition) is 3. The van der Waals surface area contributed by atoms with Gasteiger partial charge in [0.1, 0.15) is 6.29 Å². The molecule has 0 aliphatic heterocycles. The van der Waals surface area contributed by atoms with Gasteiger partial charge in [0.25, 0.3) is 0 Å². The molecule has 0 atom stereocenters. The highest BCUT2D eigenvalue weighted by Crippen LogP contribution is 1.98. The van der Waals surface area contributed by atoms with Crippen LogP contribution in [-0.2, 0) is 9.53 Å². The number of aldehydes is 1. The van der Waals surface area contributed by atoms with Crippen molar-refractivity contribution in [1.82, 2.24) is 5.32 Å². The summed E-state index contributed by atoms with van der Waals surface area (Å²) >= 11 is 0. The van der Waals surface area contributed by atoms with Gasteiger partial charge in [-0.2, -0.15) is 0 Å². The zero-order chi connectivity index (χ0) is 9.40. The van der Waals surface area contributed by atoms with Crippen molar-refractivity contribution in [1.29, 1.82) is 0 Å². The first-order valence-corrected chi connectivity index (χ1v) is 4.01. The van der Waals surface area contributed by atoms with Crippen LogP contribution in [0.2, 0.25) is 0 Å². The van der Waals surface area contributed by atoms with Crippen LogP contribution in [-0.4, -0.2) is 25.5 Å². The Balaban J connectivity index is 3.25. The lowest BCUT2D eigenvalue weighted by Gasteiger charge is -2.06. The van der Waals surface area contributed by atoms with Gasteiger partial charge in [0, 0.05) is 0 Å². The van der Waals surface area contributed by atoms with E-state index in [0.717, 1.165) is 6.42 Å². The number of ether oxygens (including phenoxy) is 1. The first-order chi connectivity index (χ1) is 5.66.